The van der Waals surface area contributed by atoms with E-state index in [0.717, 1.165) is 29.2 Å². The molecule has 5 heteroatoms. The lowest BCUT2D eigenvalue weighted by Crippen LogP contribution is -2.10. The number of hydrogen-bond donors (Lipinski definition) is 1. The number of aromatic nitrogens is 2. The summed E-state index contributed by atoms with van der Waals surface area (Å²) in [4.78, 5) is 9.41. The molecule has 0 aliphatic heterocycles. The van der Waals surface area contributed by atoms with Crippen LogP contribution in [0.2, 0.25) is 0 Å². The van der Waals surface area contributed by atoms with Crippen LogP contribution in [0, 0.1) is 0 Å². The third-order valence-corrected chi connectivity index (χ3v) is 2.83. The Morgan fingerprint density at radius 1 is 1.47 bits per heavy atom. The van der Waals surface area contributed by atoms with E-state index in [9.17, 15) is 0 Å². The highest BCUT2D eigenvalue weighted by Crippen LogP contribution is 2.23. The topological polar surface area (TPSA) is 47.0 Å². The first-order chi connectivity index (χ1) is 7.42. The summed E-state index contributed by atoms with van der Waals surface area (Å²) in [6, 6.07) is 2.03. The highest BCUT2D eigenvalue weighted by atomic mass is 32.1. The van der Waals surface area contributed by atoms with Crippen molar-refractivity contribution >= 4 is 27.4 Å². The summed E-state index contributed by atoms with van der Waals surface area (Å²) in [5, 5.41) is 6.34. The first-order valence-electron chi connectivity index (χ1n) is 4.91. The third-order valence-electron chi connectivity index (χ3n) is 2.00. The van der Waals surface area contributed by atoms with Crippen molar-refractivity contribution in [1.29, 1.82) is 0 Å². The molecule has 2 rings (SSSR count). The van der Waals surface area contributed by atoms with Crippen molar-refractivity contribution in [2.45, 2.75) is 6.92 Å². The van der Waals surface area contributed by atoms with Gasteiger partial charge in [0.1, 0.15) is 17.0 Å². The van der Waals surface area contributed by atoms with Gasteiger partial charge in [-0.3, -0.25) is 0 Å². The van der Waals surface area contributed by atoms with Crippen LogP contribution >= 0.6 is 11.3 Å². The van der Waals surface area contributed by atoms with Crippen LogP contribution in [-0.2, 0) is 4.74 Å². The molecule has 0 radical (unpaired) electrons. The van der Waals surface area contributed by atoms with E-state index in [1.807, 2.05) is 18.4 Å². The maximum atomic E-state index is 5.25. The van der Waals surface area contributed by atoms with E-state index < -0.39 is 0 Å². The minimum atomic E-state index is 0.701. The molecule has 0 aliphatic rings. The molecule has 0 fully saturated rings. The van der Waals surface area contributed by atoms with Gasteiger partial charge in [-0.15, -0.1) is 11.3 Å². The highest BCUT2D eigenvalue weighted by Gasteiger charge is 2.02. The molecule has 0 saturated heterocycles. The van der Waals surface area contributed by atoms with Crippen molar-refractivity contribution in [2.75, 3.05) is 25.1 Å². The fraction of sp³-hybridized carbons (Fsp3) is 0.400. The first-order valence-corrected chi connectivity index (χ1v) is 5.79. The molecule has 0 atom stereocenters. The second kappa shape index (κ2) is 5.04. The molecule has 0 saturated carbocycles. The molecule has 0 unspecified atom stereocenters. The Balaban J connectivity index is 2.04. The first kappa shape index (κ1) is 10.3. The van der Waals surface area contributed by atoms with Crippen LogP contribution in [0.4, 0.5) is 5.82 Å². The Kier molecular flexibility index (Phi) is 3.47. The van der Waals surface area contributed by atoms with Crippen LogP contribution in [0.1, 0.15) is 6.92 Å². The standard InChI is InChI=1S/C10H13N3OS/c1-2-14-5-4-11-9-8-3-6-15-10(8)13-7-12-9/h3,6-7H,2,4-5H2,1H3,(H,11,12,13). The fourth-order valence-corrected chi connectivity index (χ4v) is 2.05. The van der Waals surface area contributed by atoms with Gasteiger partial charge in [-0.1, -0.05) is 0 Å². The number of thiophene rings is 1. The number of nitrogens with one attached hydrogen (secondary N) is 1. The molecule has 80 valence electrons. The van der Waals surface area contributed by atoms with Gasteiger partial charge in [-0.05, 0) is 18.4 Å². The quantitative estimate of drug-likeness (QED) is 0.789. The number of rotatable bonds is 5. The number of anilines is 1. The minimum Gasteiger partial charge on any atom is -0.380 e. The van der Waals surface area contributed by atoms with E-state index in [-0.39, 0.29) is 0 Å². The lowest BCUT2D eigenvalue weighted by atomic mass is 10.4. The van der Waals surface area contributed by atoms with Crippen molar-refractivity contribution in [3.8, 4) is 0 Å². The van der Waals surface area contributed by atoms with Crippen molar-refractivity contribution in [3.63, 3.8) is 0 Å². The predicted octanol–water partition coefficient (Wildman–Crippen LogP) is 2.14. The monoisotopic (exact) mass is 223 g/mol. The van der Waals surface area contributed by atoms with E-state index >= 15 is 0 Å². The zero-order chi connectivity index (χ0) is 10.5. The molecule has 1 N–H and O–H groups in total. The Bertz CT molecular complexity index is 429. The van der Waals surface area contributed by atoms with Gasteiger partial charge < -0.3 is 10.1 Å². The summed E-state index contributed by atoms with van der Waals surface area (Å²) in [6.07, 6.45) is 1.59. The summed E-state index contributed by atoms with van der Waals surface area (Å²) in [7, 11) is 0. The molecule has 2 aromatic heterocycles. The van der Waals surface area contributed by atoms with Gasteiger partial charge in [-0.25, -0.2) is 9.97 Å². The highest BCUT2D eigenvalue weighted by molar-refractivity contribution is 7.16. The smallest absolute Gasteiger partial charge is 0.138 e. The number of hydrogen-bond acceptors (Lipinski definition) is 5. The predicted molar refractivity (Wildman–Crippen MR) is 62.4 cm³/mol. The van der Waals surface area contributed by atoms with Gasteiger partial charge in [0.25, 0.3) is 0 Å². The third kappa shape index (κ3) is 2.43. The molecule has 15 heavy (non-hydrogen) atoms. The maximum absolute atomic E-state index is 5.25. The van der Waals surface area contributed by atoms with E-state index in [2.05, 4.69) is 15.3 Å². The summed E-state index contributed by atoms with van der Waals surface area (Å²) in [6.45, 7) is 4.21. The van der Waals surface area contributed by atoms with E-state index in [0.29, 0.717) is 6.61 Å². The Labute approximate surface area is 92.3 Å². The van der Waals surface area contributed by atoms with Crippen LogP contribution in [-0.4, -0.2) is 29.7 Å². The van der Waals surface area contributed by atoms with Crippen LogP contribution in [0.15, 0.2) is 17.8 Å². The summed E-state index contributed by atoms with van der Waals surface area (Å²) >= 11 is 1.62. The maximum Gasteiger partial charge on any atom is 0.138 e. The molecule has 0 spiro atoms. The Morgan fingerprint density at radius 3 is 3.27 bits per heavy atom. The molecular weight excluding hydrogens is 210 g/mol. The van der Waals surface area contributed by atoms with Gasteiger partial charge in [0, 0.05) is 13.2 Å². The average molecular weight is 223 g/mol. The Morgan fingerprint density at radius 2 is 2.40 bits per heavy atom. The summed E-state index contributed by atoms with van der Waals surface area (Å²) in [5.41, 5.74) is 0. The van der Waals surface area contributed by atoms with E-state index in [4.69, 9.17) is 4.74 Å². The largest absolute Gasteiger partial charge is 0.380 e. The van der Waals surface area contributed by atoms with Gasteiger partial charge in [0.05, 0.1) is 12.0 Å². The van der Waals surface area contributed by atoms with E-state index in [1.165, 1.54) is 0 Å². The van der Waals surface area contributed by atoms with Gasteiger partial charge in [-0.2, -0.15) is 0 Å². The SMILES string of the molecule is CCOCCNc1ncnc2sccc12. The zero-order valence-electron chi connectivity index (χ0n) is 8.56. The van der Waals surface area contributed by atoms with Gasteiger partial charge in [0.2, 0.25) is 0 Å². The normalized spacial score (nSPS) is 10.7. The van der Waals surface area contributed by atoms with Gasteiger partial charge in [0.15, 0.2) is 0 Å². The molecule has 0 amide bonds. The van der Waals surface area contributed by atoms with Crippen LogP contribution in [0.25, 0.3) is 10.2 Å². The van der Waals surface area contributed by atoms with Crippen LogP contribution in [0.3, 0.4) is 0 Å². The second-order valence-electron chi connectivity index (χ2n) is 2.99. The second-order valence-corrected chi connectivity index (χ2v) is 3.88. The summed E-state index contributed by atoms with van der Waals surface area (Å²) in [5.74, 6) is 0.890. The van der Waals surface area contributed by atoms with Crippen molar-refractivity contribution in [3.05, 3.63) is 17.8 Å². The Hall–Kier alpha value is -1.20. The average Bonchev–Trinajstić information content (AvgIpc) is 2.73. The number of fused-ring (bicyclic) bond motifs is 1. The van der Waals surface area contributed by atoms with Crippen LogP contribution in [0.5, 0.6) is 0 Å². The lowest BCUT2D eigenvalue weighted by molar-refractivity contribution is 0.158. The van der Waals surface area contributed by atoms with Crippen molar-refractivity contribution in [2.24, 2.45) is 0 Å². The molecule has 2 aromatic rings. The molecular formula is C10H13N3OS. The fourth-order valence-electron chi connectivity index (χ4n) is 1.32. The molecule has 0 aromatic carbocycles. The van der Waals surface area contributed by atoms with Crippen molar-refractivity contribution < 1.29 is 4.74 Å². The van der Waals surface area contributed by atoms with E-state index in [1.54, 1.807) is 17.7 Å². The minimum absolute atomic E-state index is 0.701. The molecule has 2 heterocycles. The molecule has 4 nitrogen and oxygen atoms in total. The number of ether oxygens (including phenoxy) is 1. The summed E-state index contributed by atoms with van der Waals surface area (Å²) < 4.78 is 5.25. The molecule has 0 aliphatic carbocycles. The van der Waals surface area contributed by atoms with Gasteiger partial charge >= 0.3 is 0 Å². The van der Waals surface area contributed by atoms with Crippen LogP contribution < -0.4 is 5.32 Å². The van der Waals surface area contributed by atoms with Crippen molar-refractivity contribution in [1.82, 2.24) is 9.97 Å². The number of nitrogens with zero attached hydrogens (tertiary/aromatic N) is 2. The lowest BCUT2D eigenvalue weighted by Gasteiger charge is -2.05. The zero-order valence-corrected chi connectivity index (χ0v) is 9.38. The molecule has 0 bridgehead atoms.